The maximum absolute atomic E-state index is 13.4. The normalized spacial score (nSPS) is 13.8. The van der Waals surface area contributed by atoms with Gasteiger partial charge < -0.3 is 4.90 Å². The Labute approximate surface area is 176 Å². The first-order chi connectivity index (χ1) is 14.5. The van der Waals surface area contributed by atoms with Crippen molar-refractivity contribution in [2.24, 2.45) is 0 Å². The van der Waals surface area contributed by atoms with Crippen molar-refractivity contribution in [3.05, 3.63) is 95.6 Å². The number of nitrogens with zero attached hydrogens (tertiary/aromatic N) is 3. The number of benzene rings is 3. The second-order valence-electron chi connectivity index (χ2n) is 7.40. The highest BCUT2D eigenvalue weighted by molar-refractivity contribution is 6.38. The zero-order valence-electron chi connectivity index (χ0n) is 17.2. The Morgan fingerprint density at radius 3 is 1.67 bits per heavy atom. The van der Waals surface area contributed by atoms with E-state index in [9.17, 15) is 9.59 Å². The van der Waals surface area contributed by atoms with Gasteiger partial charge in [-0.1, -0.05) is 42.5 Å². The van der Waals surface area contributed by atoms with Crippen LogP contribution in [0, 0.1) is 6.92 Å². The number of hydrogen-bond donors (Lipinski definition) is 0. The third-order valence-corrected chi connectivity index (χ3v) is 5.12. The third-order valence-electron chi connectivity index (χ3n) is 5.12. The predicted molar refractivity (Wildman–Crippen MR) is 121 cm³/mol. The van der Waals surface area contributed by atoms with Crippen molar-refractivity contribution in [2.45, 2.75) is 6.92 Å². The summed E-state index contributed by atoms with van der Waals surface area (Å²) in [4.78, 5) is 28.8. The number of hydrogen-bond acceptors (Lipinski definition) is 3. The van der Waals surface area contributed by atoms with E-state index in [-0.39, 0.29) is 17.4 Å². The number of para-hydroxylation sites is 2. The summed E-state index contributed by atoms with van der Waals surface area (Å²) >= 11 is 0. The fourth-order valence-electron chi connectivity index (χ4n) is 3.48. The number of carbonyl (C=O) groups is 2. The average Bonchev–Trinajstić information content (AvgIpc) is 3.00. The molecule has 0 spiro atoms. The smallest absolute Gasteiger partial charge is 0.283 e. The van der Waals surface area contributed by atoms with E-state index in [4.69, 9.17) is 0 Å². The molecule has 0 bridgehead atoms. The van der Waals surface area contributed by atoms with E-state index in [0.29, 0.717) is 11.4 Å². The molecule has 3 aromatic carbocycles. The third kappa shape index (κ3) is 3.46. The van der Waals surface area contributed by atoms with E-state index >= 15 is 0 Å². The molecular formula is C25H23N3O2. The molecule has 150 valence electrons. The first kappa shape index (κ1) is 19.5. The van der Waals surface area contributed by atoms with Gasteiger partial charge >= 0.3 is 0 Å². The van der Waals surface area contributed by atoms with Crippen LogP contribution in [0.4, 0.5) is 17.1 Å². The molecule has 4 rings (SSSR count). The average molecular weight is 397 g/mol. The quantitative estimate of drug-likeness (QED) is 0.483. The lowest BCUT2D eigenvalue weighted by Crippen LogP contribution is -2.41. The minimum absolute atomic E-state index is 0.142. The van der Waals surface area contributed by atoms with Crippen LogP contribution in [0.2, 0.25) is 0 Å². The summed E-state index contributed by atoms with van der Waals surface area (Å²) in [5.74, 6) is -0.683. The van der Waals surface area contributed by atoms with Crippen molar-refractivity contribution in [1.29, 1.82) is 0 Å². The zero-order chi connectivity index (χ0) is 21.3. The summed E-state index contributed by atoms with van der Waals surface area (Å²) in [6, 6.07) is 24.4. The molecular weight excluding hydrogens is 374 g/mol. The van der Waals surface area contributed by atoms with Crippen LogP contribution < -0.4 is 14.9 Å². The van der Waals surface area contributed by atoms with Gasteiger partial charge in [-0.25, -0.2) is 10.0 Å². The van der Waals surface area contributed by atoms with Crippen LogP contribution in [0.5, 0.6) is 0 Å². The summed E-state index contributed by atoms with van der Waals surface area (Å²) in [5, 5.41) is 2.88. The number of aryl methyl sites for hydroxylation is 1. The molecule has 1 aliphatic heterocycles. The van der Waals surface area contributed by atoms with Crippen LogP contribution in [0.25, 0.3) is 6.08 Å². The Balaban J connectivity index is 1.81. The maximum atomic E-state index is 13.4. The molecule has 0 radical (unpaired) electrons. The molecule has 0 unspecified atom stereocenters. The van der Waals surface area contributed by atoms with Crippen molar-refractivity contribution < 1.29 is 9.59 Å². The number of rotatable bonds is 4. The Kier molecular flexibility index (Phi) is 5.11. The van der Waals surface area contributed by atoms with Crippen molar-refractivity contribution in [3.63, 3.8) is 0 Å². The van der Waals surface area contributed by atoms with Crippen molar-refractivity contribution in [3.8, 4) is 0 Å². The maximum Gasteiger partial charge on any atom is 0.283 e. The Hall–Kier alpha value is -3.86. The lowest BCUT2D eigenvalue weighted by atomic mass is 10.0. The van der Waals surface area contributed by atoms with E-state index in [0.717, 1.165) is 16.8 Å². The van der Waals surface area contributed by atoms with E-state index in [2.05, 4.69) is 0 Å². The largest absolute Gasteiger partial charge is 0.378 e. The van der Waals surface area contributed by atoms with Gasteiger partial charge in [-0.2, -0.15) is 0 Å². The first-order valence-corrected chi connectivity index (χ1v) is 9.76. The molecule has 0 atom stereocenters. The minimum Gasteiger partial charge on any atom is -0.378 e. The molecule has 2 amide bonds. The van der Waals surface area contributed by atoms with Gasteiger partial charge in [0.2, 0.25) is 0 Å². The summed E-state index contributed by atoms with van der Waals surface area (Å²) in [7, 11) is 3.96. The topological polar surface area (TPSA) is 43.9 Å². The van der Waals surface area contributed by atoms with E-state index in [1.807, 2.05) is 105 Å². The summed E-state index contributed by atoms with van der Waals surface area (Å²) in [6.07, 6.45) is 1.69. The fraction of sp³-hybridized carbons (Fsp3) is 0.120. The van der Waals surface area contributed by atoms with Crippen molar-refractivity contribution in [2.75, 3.05) is 29.0 Å². The van der Waals surface area contributed by atoms with Gasteiger partial charge in [0.1, 0.15) is 5.57 Å². The van der Waals surface area contributed by atoms with Crippen LogP contribution in [-0.4, -0.2) is 25.9 Å². The standard InChI is InChI=1S/C25H23N3O2/c1-18-16-22(26(2)3)15-14-19(18)17-23-24(29)27(20-10-6-4-7-11-20)28(25(23)30)21-12-8-5-9-13-21/h4-17H,1-3H3. The molecule has 1 aliphatic rings. The molecule has 1 fully saturated rings. The molecule has 0 saturated carbocycles. The first-order valence-electron chi connectivity index (χ1n) is 9.76. The second kappa shape index (κ2) is 7.87. The van der Waals surface area contributed by atoms with Gasteiger partial charge in [-0.05, 0) is 60.5 Å². The summed E-state index contributed by atoms with van der Waals surface area (Å²) in [5.41, 5.74) is 4.34. The van der Waals surface area contributed by atoms with Gasteiger partial charge in [0.05, 0.1) is 11.4 Å². The van der Waals surface area contributed by atoms with Gasteiger partial charge in [0.25, 0.3) is 11.8 Å². The highest BCUT2D eigenvalue weighted by atomic mass is 16.2. The Bertz CT molecular complexity index is 1060. The molecule has 3 aromatic rings. The monoisotopic (exact) mass is 397 g/mol. The summed E-state index contributed by atoms with van der Waals surface area (Å²) < 4.78 is 0. The molecule has 5 heteroatoms. The van der Waals surface area contributed by atoms with Crippen LogP contribution >= 0.6 is 0 Å². The van der Waals surface area contributed by atoms with Gasteiger partial charge in [0.15, 0.2) is 0 Å². The molecule has 0 N–H and O–H groups in total. The Morgan fingerprint density at radius 1 is 0.733 bits per heavy atom. The second-order valence-corrected chi connectivity index (χ2v) is 7.40. The van der Waals surface area contributed by atoms with Gasteiger partial charge in [-0.15, -0.1) is 0 Å². The number of amides is 2. The number of anilines is 3. The van der Waals surface area contributed by atoms with E-state index in [1.165, 1.54) is 10.0 Å². The van der Waals surface area contributed by atoms with Crippen LogP contribution in [-0.2, 0) is 9.59 Å². The lowest BCUT2D eigenvalue weighted by molar-refractivity contribution is -0.116. The summed E-state index contributed by atoms with van der Waals surface area (Å²) in [6.45, 7) is 1.98. The van der Waals surface area contributed by atoms with Gasteiger partial charge in [-0.3, -0.25) is 9.59 Å². The Morgan fingerprint density at radius 2 is 1.23 bits per heavy atom. The SMILES string of the molecule is Cc1cc(N(C)C)ccc1C=C1C(=O)N(c2ccccc2)N(c2ccccc2)C1=O. The van der Waals surface area contributed by atoms with Crippen LogP contribution in [0.15, 0.2) is 84.4 Å². The van der Waals surface area contributed by atoms with E-state index < -0.39 is 0 Å². The molecule has 5 nitrogen and oxygen atoms in total. The predicted octanol–water partition coefficient (Wildman–Crippen LogP) is 4.44. The molecule has 1 heterocycles. The van der Waals surface area contributed by atoms with E-state index in [1.54, 1.807) is 6.08 Å². The van der Waals surface area contributed by atoms with Crippen LogP contribution in [0.1, 0.15) is 11.1 Å². The number of carbonyl (C=O) groups excluding carboxylic acids is 2. The van der Waals surface area contributed by atoms with Crippen LogP contribution in [0.3, 0.4) is 0 Å². The minimum atomic E-state index is -0.342. The van der Waals surface area contributed by atoms with Crippen molar-refractivity contribution >= 4 is 35.0 Å². The zero-order valence-corrected chi connectivity index (χ0v) is 17.2. The van der Waals surface area contributed by atoms with Gasteiger partial charge in [0, 0.05) is 19.8 Å². The highest BCUT2D eigenvalue weighted by Gasteiger charge is 2.42. The molecule has 1 saturated heterocycles. The molecule has 0 aromatic heterocycles. The van der Waals surface area contributed by atoms with Crippen molar-refractivity contribution in [1.82, 2.24) is 0 Å². The fourth-order valence-corrected chi connectivity index (χ4v) is 3.48. The lowest BCUT2D eigenvalue weighted by Gasteiger charge is -2.27. The molecule has 30 heavy (non-hydrogen) atoms. The highest BCUT2D eigenvalue weighted by Crippen LogP contribution is 2.32. The number of hydrazine groups is 1. The molecule has 0 aliphatic carbocycles.